The zero-order chi connectivity index (χ0) is 14.2. The number of hydrogen-bond acceptors (Lipinski definition) is 1. The maximum absolute atomic E-state index is 11.8. The van der Waals surface area contributed by atoms with Crippen LogP contribution in [0.15, 0.2) is 0 Å². The molecule has 2 aliphatic carbocycles. The van der Waals surface area contributed by atoms with Crippen LogP contribution in [0, 0.1) is 41.4 Å². The van der Waals surface area contributed by atoms with Crippen molar-refractivity contribution >= 4 is 5.91 Å². The molecule has 0 radical (unpaired) electrons. The molecule has 5 atom stereocenters. The fraction of sp³-hybridized carbons (Fsp3) is 0.941. The lowest BCUT2D eigenvalue weighted by atomic mass is 9.65. The monoisotopic (exact) mass is 265 g/mol. The molecule has 0 saturated heterocycles. The summed E-state index contributed by atoms with van der Waals surface area (Å²) in [5, 5.41) is 2.81. The van der Waals surface area contributed by atoms with E-state index in [-0.39, 0.29) is 11.8 Å². The molecule has 110 valence electrons. The second-order valence-corrected chi connectivity index (χ2v) is 7.36. The summed E-state index contributed by atoms with van der Waals surface area (Å²) in [5.74, 6) is 5.29. The zero-order valence-electron chi connectivity index (χ0n) is 13.3. The highest BCUT2D eigenvalue weighted by Crippen LogP contribution is 2.52. The first-order valence-electron chi connectivity index (χ1n) is 8.17. The lowest BCUT2D eigenvalue weighted by Crippen LogP contribution is -2.35. The molecule has 0 heterocycles. The van der Waals surface area contributed by atoms with Crippen LogP contribution in [0.5, 0.6) is 0 Å². The van der Waals surface area contributed by atoms with Crippen molar-refractivity contribution in [2.24, 2.45) is 41.4 Å². The molecule has 19 heavy (non-hydrogen) atoms. The van der Waals surface area contributed by atoms with Gasteiger partial charge in [0.05, 0.1) is 0 Å². The van der Waals surface area contributed by atoms with Crippen molar-refractivity contribution in [1.29, 1.82) is 0 Å². The van der Waals surface area contributed by atoms with Gasteiger partial charge in [-0.25, -0.2) is 0 Å². The van der Waals surface area contributed by atoms with E-state index in [1.165, 1.54) is 25.7 Å². The van der Waals surface area contributed by atoms with Gasteiger partial charge < -0.3 is 5.32 Å². The number of amides is 1. The summed E-state index contributed by atoms with van der Waals surface area (Å²) in [6.07, 6.45) is 5.62. The minimum Gasteiger partial charge on any atom is -0.359 e. The largest absolute Gasteiger partial charge is 0.359 e. The first kappa shape index (κ1) is 14.9. The third-order valence-corrected chi connectivity index (χ3v) is 6.32. The summed E-state index contributed by atoms with van der Waals surface area (Å²) in [6, 6.07) is 0. The van der Waals surface area contributed by atoms with Gasteiger partial charge in [0.15, 0.2) is 0 Å². The number of nitrogens with one attached hydrogen (secondary N) is 1. The van der Waals surface area contributed by atoms with E-state index in [9.17, 15) is 4.79 Å². The molecule has 2 rings (SSSR count). The summed E-state index contributed by atoms with van der Waals surface area (Å²) in [5.41, 5.74) is 0. The summed E-state index contributed by atoms with van der Waals surface area (Å²) >= 11 is 0. The predicted molar refractivity (Wildman–Crippen MR) is 79.7 cm³/mol. The molecule has 0 bridgehead atoms. The van der Waals surface area contributed by atoms with Crippen LogP contribution in [-0.2, 0) is 4.79 Å². The number of carbonyl (C=O) groups is 1. The van der Waals surface area contributed by atoms with Crippen LogP contribution in [0.3, 0.4) is 0 Å². The Morgan fingerprint density at radius 2 is 1.79 bits per heavy atom. The molecule has 2 unspecified atom stereocenters. The molecular formula is C17H31NO. The fourth-order valence-electron chi connectivity index (χ4n) is 4.79. The van der Waals surface area contributed by atoms with Crippen LogP contribution in [0.4, 0.5) is 0 Å². The molecule has 1 N–H and O–H groups in total. The van der Waals surface area contributed by atoms with Crippen molar-refractivity contribution < 1.29 is 4.79 Å². The van der Waals surface area contributed by atoms with E-state index >= 15 is 0 Å². The Labute approximate surface area is 118 Å². The van der Waals surface area contributed by atoms with E-state index in [1.54, 1.807) is 7.05 Å². The van der Waals surface area contributed by atoms with Gasteiger partial charge in [-0.05, 0) is 61.2 Å². The van der Waals surface area contributed by atoms with Crippen LogP contribution in [0.25, 0.3) is 0 Å². The highest BCUT2D eigenvalue weighted by Gasteiger charge is 2.44. The lowest BCUT2D eigenvalue weighted by molar-refractivity contribution is -0.126. The summed E-state index contributed by atoms with van der Waals surface area (Å²) in [7, 11) is 1.75. The standard InChI is InChI=1S/C17H31NO/c1-10-8-14(9-10)16-7-6-15(13(16)4)11(2)12(3)17(19)18-5/h10-16H,6-9H2,1-5H3,(H,18,19)/t10?,11?,12?,13-,14?,15+,16+/m0/s1. The first-order valence-corrected chi connectivity index (χ1v) is 8.17. The van der Waals surface area contributed by atoms with Crippen molar-refractivity contribution in [3.05, 3.63) is 0 Å². The molecule has 0 aromatic carbocycles. The lowest BCUT2D eigenvalue weighted by Gasteiger charge is -2.40. The topological polar surface area (TPSA) is 29.1 Å². The van der Waals surface area contributed by atoms with E-state index in [0.29, 0.717) is 5.92 Å². The quantitative estimate of drug-likeness (QED) is 0.825. The fourth-order valence-corrected chi connectivity index (χ4v) is 4.79. The second kappa shape index (κ2) is 5.85. The average Bonchev–Trinajstić information content (AvgIpc) is 2.74. The SMILES string of the molecule is CNC(=O)C(C)C(C)[C@H]1CC[C@@H](C2CC(C)C2)[C@H]1C. The summed E-state index contributed by atoms with van der Waals surface area (Å²) in [4.78, 5) is 11.8. The van der Waals surface area contributed by atoms with Gasteiger partial charge >= 0.3 is 0 Å². The predicted octanol–water partition coefficient (Wildman–Crippen LogP) is 3.71. The minimum absolute atomic E-state index is 0.150. The Bertz CT molecular complexity index is 321. The molecule has 0 aromatic rings. The maximum atomic E-state index is 11.8. The Hall–Kier alpha value is -0.530. The first-order chi connectivity index (χ1) is 8.95. The number of carbonyl (C=O) groups excluding carboxylic acids is 1. The Morgan fingerprint density at radius 3 is 2.32 bits per heavy atom. The third kappa shape index (κ3) is 2.83. The maximum Gasteiger partial charge on any atom is 0.222 e. The molecule has 0 aromatic heterocycles. The normalized spacial score (nSPS) is 41.4. The summed E-state index contributed by atoms with van der Waals surface area (Å²) < 4.78 is 0. The van der Waals surface area contributed by atoms with Gasteiger partial charge in [0, 0.05) is 13.0 Å². The molecule has 2 nitrogen and oxygen atoms in total. The van der Waals surface area contributed by atoms with Gasteiger partial charge in [-0.1, -0.05) is 27.7 Å². The molecule has 0 spiro atoms. The van der Waals surface area contributed by atoms with Crippen LogP contribution in [0.1, 0.15) is 53.4 Å². The molecule has 2 aliphatic rings. The van der Waals surface area contributed by atoms with Crippen molar-refractivity contribution in [2.45, 2.75) is 53.4 Å². The van der Waals surface area contributed by atoms with E-state index in [0.717, 1.165) is 29.6 Å². The van der Waals surface area contributed by atoms with Crippen LogP contribution in [0.2, 0.25) is 0 Å². The Balaban J connectivity index is 1.93. The third-order valence-electron chi connectivity index (χ3n) is 6.32. The second-order valence-electron chi connectivity index (χ2n) is 7.36. The van der Waals surface area contributed by atoms with E-state index in [1.807, 2.05) is 0 Å². The van der Waals surface area contributed by atoms with E-state index in [2.05, 4.69) is 33.0 Å². The van der Waals surface area contributed by atoms with Crippen molar-refractivity contribution in [1.82, 2.24) is 5.32 Å². The van der Waals surface area contributed by atoms with E-state index in [4.69, 9.17) is 0 Å². The van der Waals surface area contributed by atoms with Gasteiger partial charge in [-0.3, -0.25) is 4.79 Å². The van der Waals surface area contributed by atoms with Crippen molar-refractivity contribution in [3.8, 4) is 0 Å². The van der Waals surface area contributed by atoms with Crippen molar-refractivity contribution in [2.75, 3.05) is 7.05 Å². The molecule has 1 amide bonds. The van der Waals surface area contributed by atoms with Crippen LogP contribution in [-0.4, -0.2) is 13.0 Å². The van der Waals surface area contributed by atoms with E-state index < -0.39 is 0 Å². The van der Waals surface area contributed by atoms with Crippen molar-refractivity contribution in [3.63, 3.8) is 0 Å². The van der Waals surface area contributed by atoms with Crippen LogP contribution >= 0.6 is 0 Å². The molecular weight excluding hydrogens is 234 g/mol. The summed E-state index contributed by atoms with van der Waals surface area (Å²) in [6.45, 7) is 9.20. The molecule has 2 heteroatoms. The Kier molecular flexibility index (Phi) is 4.58. The highest BCUT2D eigenvalue weighted by molar-refractivity contribution is 5.78. The number of hydrogen-bond donors (Lipinski definition) is 1. The van der Waals surface area contributed by atoms with Gasteiger partial charge in [0.1, 0.15) is 0 Å². The van der Waals surface area contributed by atoms with Gasteiger partial charge in [0.2, 0.25) is 5.91 Å². The van der Waals surface area contributed by atoms with Gasteiger partial charge in [-0.2, -0.15) is 0 Å². The zero-order valence-corrected chi connectivity index (χ0v) is 13.3. The van der Waals surface area contributed by atoms with Gasteiger partial charge in [0.25, 0.3) is 0 Å². The average molecular weight is 265 g/mol. The minimum atomic E-state index is 0.150. The number of rotatable bonds is 4. The molecule has 2 saturated carbocycles. The molecule has 0 aliphatic heterocycles. The highest BCUT2D eigenvalue weighted by atomic mass is 16.1. The Morgan fingerprint density at radius 1 is 1.16 bits per heavy atom. The van der Waals surface area contributed by atoms with Crippen LogP contribution < -0.4 is 5.32 Å². The molecule has 2 fully saturated rings. The smallest absolute Gasteiger partial charge is 0.222 e. The van der Waals surface area contributed by atoms with Gasteiger partial charge in [-0.15, -0.1) is 0 Å².